The first kappa shape index (κ1) is 19.7. The molecule has 0 aliphatic carbocycles. The van der Waals surface area contributed by atoms with Gasteiger partial charge in [-0.2, -0.15) is 21.6 Å². The van der Waals surface area contributed by atoms with Gasteiger partial charge in [0.05, 0.1) is 11.5 Å². The molecule has 0 N–H and O–H groups in total. The third kappa shape index (κ3) is 4.33. The zero-order valence-corrected chi connectivity index (χ0v) is 13.9. The average molecular weight is 406 g/mol. The van der Waals surface area contributed by atoms with Crippen molar-refractivity contribution in [2.75, 3.05) is 26.4 Å². The molecule has 1 aromatic rings. The van der Waals surface area contributed by atoms with Crippen molar-refractivity contribution >= 4 is 20.1 Å². The van der Waals surface area contributed by atoms with Gasteiger partial charge in [-0.3, -0.25) is 8.65 Å². The van der Waals surface area contributed by atoms with Crippen LogP contribution in [0.3, 0.4) is 0 Å². The van der Waals surface area contributed by atoms with Crippen molar-refractivity contribution in [3.05, 3.63) is 23.4 Å². The molecule has 142 valence electrons. The zero-order chi connectivity index (χ0) is 18.9. The number of sulfonamides is 1. The molecule has 1 heterocycles. The van der Waals surface area contributed by atoms with E-state index in [-0.39, 0.29) is 19.0 Å². The lowest BCUT2D eigenvalue weighted by Gasteiger charge is -2.27. The highest BCUT2D eigenvalue weighted by atomic mass is 32.2. The Bertz CT molecular complexity index is 837. The Morgan fingerprint density at radius 3 is 2.32 bits per heavy atom. The van der Waals surface area contributed by atoms with Crippen molar-refractivity contribution in [3.63, 3.8) is 0 Å². The summed E-state index contributed by atoms with van der Waals surface area (Å²) in [6.07, 6.45) is 0. The molecule has 0 bridgehead atoms. The van der Waals surface area contributed by atoms with Gasteiger partial charge in [-0.05, 0) is 12.1 Å². The van der Waals surface area contributed by atoms with Crippen LogP contribution < -0.4 is 9.47 Å². The van der Waals surface area contributed by atoms with Crippen LogP contribution in [0.15, 0.2) is 23.1 Å². The summed E-state index contributed by atoms with van der Waals surface area (Å²) in [5, 5.41) is 11.0. The molecule has 25 heavy (non-hydrogen) atoms. The molecule has 0 saturated carbocycles. The molecule has 14 heteroatoms. The zero-order valence-electron chi connectivity index (χ0n) is 12.2. The van der Waals surface area contributed by atoms with E-state index in [0.717, 1.165) is 12.1 Å². The van der Waals surface area contributed by atoms with E-state index in [1.54, 1.807) is 0 Å². The summed E-state index contributed by atoms with van der Waals surface area (Å²) in [6.45, 7) is -1.98. The second-order valence-corrected chi connectivity index (χ2v) is 7.99. The lowest BCUT2D eigenvalue weighted by Crippen LogP contribution is -2.38. The molecule has 0 radical (unpaired) electrons. The van der Waals surface area contributed by atoms with Crippen molar-refractivity contribution in [2.24, 2.45) is 0 Å². The molecule has 0 atom stereocenters. The first-order valence-corrected chi connectivity index (χ1v) is 9.35. The molecule has 2 rings (SSSR count). The number of benzene rings is 1. The highest BCUT2D eigenvalue weighted by Crippen LogP contribution is 2.32. The smallest absolute Gasteiger partial charge is 0.510 e. The van der Waals surface area contributed by atoms with Crippen molar-refractivity contribution in [1.29, 1.82) is 0 Å². The Morgan fingerprint density at radius 1 is 1.12 bits per heavy atom. The molecule has 0 amide bonds. The fraction of sp³-hybridized carbons (Fsp3) is 0.455. The van der Waals surface area contributed by atoms with Crippen LogP contribution in [0.4, 0.5) is 13.2 Å². The number of ether oxygens (including phenoxy) is 2. The molecule has 0 saturated heterocycles. The first-order chi connectivity index (χ1) is 11.4. The van der Waals surface area contributed by atoms with Crippen LogP contribution in [-0.4, -0.2) is 53.2 Å². The summed E-state index contributed by atoms with van der Waals surface area (Å²) in [7, 11) is -10.6. The maximum absolute atomic E-state index is 12.2. The number of halogens is 3. The van der Waals surface area contributed by atoms with Crippen LogP contribution in [0.5, 0.6) is 11.5 Å². The van der Waals surface area contributed by atoms with E-state index in [4.69, 9.17) is 9.47 Å². The van der Waals surface area contributed by atoms with Crippen LogP contribution in [0, 0.1) is 5.21 Å². The van der Waals surface area contributed by atoms with E-state index >= 15 is 0 Å². The predicted molar refractivity (Wildman–Crippen MR) is 75.6 cm³/mol. The monoisotopic (exact) mass is 406 g/mol. The van der Waals surface area contributed by atoms with Gasteiger partial charge in [0.1, 0.15) is 13.2 Å². The normalized spacial score (nSPS) is 15.4. The van der Waals surface area contributed by atoms with Gasteiger partial charge in [-0.1, -0.05) is 0 Å². The quantitative estimate of drug-likeness (QED) is 0.503. The van der Waals surface area contributed by atoms with Crippen molar-refractivity contribution in [1.82, 2.24) is 4.47 Å². The van der Waals surface area contributed by atoms with Gasteiger partial charge >= 0.3 is 15.5 Å². The molecule has 0 aromatic heterocycles. The Labute approximate surface area is 140 Å². The van der Waals surface area contributed by atoms with Crippen molar-refractivity contribution < 1.29 is 43.7 Å². The van der Waals surface area contributed by atoms with Crippen molar-refractivity contribution in [3.8, 4) is 11.5 Å². The highest BCUT2D eigenvalue weighted by molar-refractivity contribution is 7.90. The Balaban J connectivity index is 2.03. The standard InChI is InChI=1S/C11H11F3NO8S2/c12-11(13,14)25(19,20)15(16)3-4-23-24(17,18)8-1-2-9-10(7-8)22-6-5-21-9/h1-2,7H,3-6H2/q-1. The number of hydrogen-bond acceptors (Lipinski definition) is 8. The molecule has 9 nitrogen and oxygen atoms in total. The number of fused-ring (bicyclic) bond motifs is 1. The molecule has 0 spiro atoms. The summed E-state index contributed by atoms with van der Waals surface area (Å²) < 4.78 is 95.4. The number of nitrogens with zero attached hydrogens (tertiary/aromatic N) is 1. The molecule has 1 aromatic carbocycles. The largest absolute Gasteiger partial charge is 0.772 e. The van der Waals surface area contributed by atoms with Crippen LogP contribution >= 0.6 is 0 Å². The minimum Gasteiger partial charge on any atom is -0.772 e. The van der Waals surface area contributed by atoms with Gasteiger partial charge in [0.2, 0.25) is 0 Å². The van der Waals surface area contributed by atoms with E-state index in [1.165, 1.54) is 6.07 Å². The topological polar surface area (TPSA) is 122 Å². The fourth-order valence-electron chi connectivity index (χ4n) is 1.70. The van der Waals surface area contributed by atoms with Crippen LogP contribution in [0.2, 0.25) is 0 Å². The number of alkyl halides is 3. The summed E-state index contributed by atoms with van der Waals surface area (Å²) in [5.41, 5.74) is -5.79. The second kappa shape index (κ2) is 6.95. The van der Waals surface area contributed by atoms with Crippen molar-refractivity contribution in [2.45, 2.75) is 10.4 Å². The van der Waals surface area contributed by atoms with Gasteiger partial charge in [0.15, 0.2) is 11.5 Å². The lowest BCUT2D eigenvalue weighted by molar-refractivity contribution is -0.0478. The molecular weight excluding hydrogens is 395 g/mol. The molecule has 0 fully saturated rings. The SMILES string of the molecule is O=S(=O)(OCCN([O-])S(=O)(=O)C(F)(F)F)c1ccc2c(c1)OCCO2. The molecule has 1 aliphatic rings. The number of rotatable bonds is 6. The maximum atomic E-state index is 12.2. The summed E-state index contributed by atoms with van der Waals surface area (Å²) >= 11 is 0. The Morgan fingerprint density at radius 2 is 1.72 bits per heavy atom. The van der Waals surface area contributed by atoms with Gasteiger partial charge in [0, 0.05) is 12.6 Å². The van der Waals surface area contributed by atoms with Gasteiger partial charge in [0.25, 0.3) is 10.1 Å². The van der Waals surface area contributed by atoms with Gasteiger partial charge < -0.3 is 14.7 Å². The first-order valence-electron chi connectivity index (χ1n) is 6.50. The van der Waals surface area contributed by atoms with Crippen LogP contribution in [0.1, 0.15) is 0 Å². The second-order valence-electron chi connectivity index (χ2n) is 4.56. The van der Waals surface area contributed by atoms with E-state index in [2.05, 4.69) is 4.18 Å². The molecule has 1 aliphatic heterocycles. The fourth-order valence-corrected chi connectivity index (χ4v) is 3.17. The van der Waals surface area contributed by atoms with Crippen LogP contribution in [0.25, 0.3) is 0 Å². The summed E-state index contributed by atoms with van der Waals surface area (Å²) in [5.74, 6) is 0.424. The average Bonchev–Trinajstić information content (AvgIpc) is 2.53. The van der Waals surface area contributed by atoms with Gasteiger partial charge in [-0.25, -0.2) is 8.42 Å². The summed E-state index contributed by atoms with van der Waals surface area (Å²) in [6, 6.07) is 3.47. The third-order valence-electron chi connectivity index (χ3n) is 2.88. The van der Waals surface area contributed by atoms with Gasteiger partial charge in [-0.15, -0.1) is 0 Å². The van der Waals surface area contributed by atoms with E-state index in [0.29, 0.717) is 5.75 Å². The highest BCUT2D eigenvalue weighted by Gasteiger charge is 2.46. The maximum Gasteiger partial charge on any atom is 0.510 e. The minimum atomic E-state index is -6.10. The lowest BCUT2D eigenvalue weighted by atomic mass is 10.3. The van der Waals surface area contributed by atoms with Crippen LogP contribution in [-0.2, 0) is 24.3 Å². The Kier molecular flexibility index (Phi) is 5.48. The Hall–Kier alpha value is -1.61. The summed E-state index contributed by atoms with van der Waals surface area (Å²) in [4.78, 5) is -0.395. The number of hydroxylamine groups is 1. The van der Waals surface area contributed by atoms with E-state index in [9.17, 15) is 35.2 Å². The van der Waals surface area contributed by atoms with E-state index in [1.807, 2.05) is 0 Å². The molecule has 0 unspecified atom stereocenters. The number of hydrogen-bond donors (Lipinski definition) is 0. The predicted octanol–water partition coefficient (Wildman–Crippen LogP) is 0.813. The minimum absolute atomic E-state index is 0.126. The molecular formula is C11H11F3NO8S2-. The third-order valence-corrected chi connectivity index (χ3v) is 5.49. The van der Waals surface area contributed by atoms with E-state index < -0.39 is 48.2 Å².